The smallest absolute Gasteiger partial charge is 0.123 e. The zero-order valence-electron chi connectivity index (χ0n) is 14.1. The molecule has 1 aliphatic rings. The Morgan fingerprint density at radius 1 is 1.30 bits per heavy atom. The quantitative estimate of drug-likeness (QED) is 0.692. The van der Waals surface area contributed by atoms with Gasteiger partial charge in [-0.05, 0) is 63.4 Å². The van der Waals surface area contributed by atoms with Gasteiger partial charge in [0.2, 0.25) is 0 Å². The molecule has 1 fully saturated rings. The monoisotopic (exact) mass is 330 g/mol. The average Bonchev–Trinajstić information content (AvgIpc) is 3.21. The number of hydrogen-bond acceptors (Lipinski definition) is 4. The Morgan fingerprint density at radius 3 is 2.78 bits per heavy atom. The average molecular weight is 330 g/mol. The zero-order chi connectivity index (χ0) is 16.1. The van der Waals surface area contributed by atoms with Gasteiger partial charge in [-0.1, -0.05) is 6.92 Å². The lowest BCUT2D eigenvalue weighted by Gasteiger charge is -2.20. The Balaban J connectivity index is 1.46. The van der Waals surface area contributed by atoms with Gasteiger partial charge in [0.15, 0.2) is 0 Å². The number of aryl methyl sites for hydroxylation is 1. The van der Waals surface area contributed by atoms with Crippen LogP contribution in [0.15, 0.2) is 30.5 Å². The molecule has 2 heterocycles. The fraction of sp³-hybridized carbons (Fsp3) is 0.526. The van der Waals surface area contributed by atoms with Crippen molar-refractivity contribution in [2.75, 3.05) is 19.7 Å². The molecule has 3 nitrogen and oxygen atoms in total. The van der Waals surface area contributed by atoms with Gasteiger partial charge in [-0.3, -0.25) is 0 Å². The van der Waals surface area contributed by atoms with Gasteiger partial charge in [0, 0.05) is 29.2 Å². The van der Waals surface area contributed by atoms with Crippen LogP contribution in [0.3, 0.4) is 0 Å². The van der Waals surface area contributed by atoms with Crippen LogP contribution in [0.1, 0.15) is 38.0 Å². The van der Waals surface area contributed by atoms with E-state index in [1.165, 1.54) is 29.8 Å². The molecule has 0 amide bonds. The maximum atomic E-state index is 5.87. The molecule has 1 aromatic carbocycles. The molecule has 0 bridgehead atoms. The minimum absolute atomic E-state index is 0.751. The van der Waals surface area contributed by atoms with Crippen LogP contribution in [0.2, 0.25) is 0 Å². The highest BCUT2D eigenvalue weighted by Crippen LogP contribution is 2.27. The summed E-state index contributed by atoms with van der Waals surface area (Å²) in [6, 6.07) is 9.08. The summed E-state index contributed by atoms with van der Waals surface area (Å²) < 4.78 is 5.87. The van der Waals surface area contributed by atoms with Crippen LogP contribution in [-0.2, 0) is 6.42 Å². The number of hydrogen-bond donors (Lipinski definition) is 0. The Bertz CT molecular complexity index is 608. The van der Waals surface area contributed by atoms with Gasteiger partial charge in [0.05, 0.1) is 6.61 Å². The van der Waals surface area contributed by atoms with Crippen LogP contribution in [0.5, 0.6) is 5.75 Å². The number of likely N-dealkylation sites (tertiary alicyclic amines) is 1. The maximum absolute atomic E-state index is 5.87. The van der Waals surface area contributed by atoms with Crippen molar-refractivity contribution in [3.8, 4) is 16.3 Å². The molecular weight excluding hydrogens is 304 g/mol. The molecular formula is C19H26N2OS. The van der Waals surface area contributed by atoms with Crippen molar-refractivity contribution in [2.45, 2.75) is 45.6 Å². The second-order valence-corrected chi connectivity index (χ2v) is 7.35. The minimum atomic E-state index is 0.751. The van der Waals surface area contributed by atoms with Gasteiger partial charge < -0.3 is 9.64 Å². The van der Waals surface area contributed by atoms with E-state index in [-0.39, 0.29) is 0 Å². The van der Waals surface area contributed by atoms with E-state index in [2.05, 4.69) is 48.0 Å². The Hall–Kier alpha value is -1.39. The van der Waals surface area contributed by atoms with Gasteiger partial charge in [-0.25, -0.2) is 4.98 Å². The van der Waals surface area contributed by atoms with E-state index in [0.29, 0.717) is 0 Å². The van der Waals surface area contributed by atoms with E-state index >= 15 is 0 Å². The van der Waals surface area contributed by atoms with Crippen molar-refractivity contribution in [1.82, 2.24) is 9.88 Å². The van der Waals surface area contributed by atoms with E-state index < -0.39 is 0 Å². The lowest BCUT2D eigenvalue weighted by atomic mass is 10.2. The number of ether oxygens (including phenoxy) is 1. The topological polar surface area (TPSA) is 25.4 Å². The second-order valence-electron chi connectivity index (χ2n) is 6.24. The number of benzene rings is 1. The molecule has 0 spiro atoms. The Kier molecular flexibility index (Phi) is 5.68. The van der Waals surface area contributed by atoms with Crippen molar-refractivity contribution in [3.63, 3.8) is 0 Å². The van der Waals surface area contributed by atoms with Gasteiger partial charge in [-0.15, -0.1) is 11.3 Å². The summed E-state index contributed by atoms with van der Waals surface area (Å²) in [5.74, 6) is 0.954. The first-order chi connectivity index (χ1) is 11.3. The van der Waals surface area contributed by atoms with E-state index in [9.17, 15) is 0 Å². The van der Waals surface area contributed by atoms with Crippen molar-refractivity contribution < 1.29 is 4.74 Å². The number of nitrogens with zero attached hydrogens (tertiary/aromatic N) is 2. The highest BCUT2D eigenvalue weighted by molar-refractivity contribution is 7.15. The van der Waals surface area contributed by atoms with E-state index in [4.69, 9.17) is 4.74 Å². The van der Waals surface area contributed by atoms with Gasteiger partial charge >= 0.3 is 0 Å². The summed E-state index contributed by atoms with van der Waals surface area (Å²) in [5, 5.41) is 1.09. The summed E-state index contributed by atoms with van der Waals surface area (Å²) in [7, 11) is 0. The standard InChI is InChI=1S/C19H26N2OS/c1-3-18-14-20-19(23-18)16-7-9-17(10-8-16)22-13-5-12-21-11-4-6-15(21)2/h7-10,14-15H,3-6,11-13H2,1-2H3/t15-/m1/s1. The molecule has 23 heavy (non-hydrogen) atoms. The van der Waals surface area contributed by atoms with Gasteiger partial charge in [-0.2, -0.15) is 0 Å². The fourth-order valence-corrected chi connectivity index (χ4v) is 3.94. The number of rotatable bonds is 7. The third-order valence-electron chi connectivity index (χ3n) is 4.55. The predicted octanol–water partition coefficient (Wildman–Crippen LogP) is 4.63. The summed E-state index contributed by atoms with van der Waals surface area (Å²) in [4.78, 5) is 8.39. The molecule has 1 aliphatic heterocycles. The van der Waals surface area contributed by atoms with E-state index in [1.54, 1.807) is 11.3 Å². The van der Waals surface area contributed by atoms with Crippen LogP contribution in [0.4, 0.5) is 0 Å². The molecule has 1 saturated heterocycles. The van der Waals surface area contributed by atoms with Crippen LogP contribution in [-0.4, -0.2) is 35.6 Å². The minimum Gasteiger partial charge on any atom is -0.494 e. The van der Waals surface area contributed by atoms with E-state index in [0.717, 1.165) is 42.8 Å². The molecule has 4 heteroatoms. The first kappa shape index (κ1) is 16.5. The zero-order valence-corrected chi connectivity index (χ0v) is 14.9. The predicted molar refractivity (Wildman–Crippen MR) is 97.3 cm³/mol. The third-order valence-corrected chi connectivity index (χ3v) is 5.74. The van der Waals surface area contributed by atoms with Crippen molar-refractivity contribution in [3.05, 3.63) is 35.3 Å². The van der Waals surface area contributed by atoms with Crippen molar-refractivity contribution in [1.29, 1.82) is 0 Å². The maximum Gasteiger partial charge on any atom is 0.123 e. The molecule has 0 saturated carbocycles. The van der Waals surface area contributed by atoms with Crippen molar-refractivity contribution in [2.24, 2.45) is 0 Å². The highest BCUT2D eigenvalue weighted by atomic mass is 32.1. The van der Waals surface area contributed by atoms with Crippen LogP contribution < -0.4 is 4.74 Å². The molecule has 2 aromatic rings. The normalized spacial score (nSPS) is 18.4. The summed E-state index contributed by atoms with van der Waals surface area (Å²) in [6.45, 7) is 7.69. The van der Waals surface area contributed by atoms with Gasteiger partial charge in [0.25, 0.3) is 0 Å². The van der Waals surface area contributed by atoms with Crippen molar-refractivity contribution >= 4 is 11.3 Å². The molecule has 0 radical (unpaired) electrons. The number of aromatic nitrogens is 1. The first-order valence-electron chi connectivity index (χ1n) is 8.68. The number of thiazole rings is 1. The van der Waals surface area contributed by atoms with Gasteiger partial charge in [0.1, 0.15) is 10.8 Å². The Morgan fingerprint density at radius 2 is 2.13 bits per heavy atom. The molecule has 1 aromatic heterocycles. The lowest BCUT2D eigenvalue weighted by Crippen LogP contribution is -2.28. The first-order valence-corrected chi connectivity index (χ1v) is 9.50. The van der Waals surface area contributed by atoms with Crippen LogP contribution in [0.25, 0.3) is 10.6 Å². The fourth-order valence-electron chi connectivity index (χ4n) is 3.08. The van der Waals surface area contributed by atoms with Crippen LogP contribution >= 0.6 is 11.3 Å². The van der Waals surface area contributed by atoms with Crippen LogP contribution in [0, 0.1) is 0 Å². The molecule has 0 unspecified atom stereocenters. The summed E-state index contributed by atoms with van der Waals surface area (Å²) in [6.07, 6.45) is 6.81. The summed E-state index contributed by atoms with van der Waals surface area (Å²) in [5.41, 5.74) is 1.17. The lowest BCUT2D eigenvalue weighted by molar-refractivity contribution is 0.230. The third kappa shape index (κ3) is 4.33. The second kappa shape index (κ2) is 7.93. The molecule has 1 atom stereocenters. The molecule has 0 aliphatic carbocycles. The van der Waals surface area contributed by atoms with E-state index in [1.807, 2.05) is 6.20 Å². The SMILES string of the molecule is CCc1cnc(-c2ccc(OCCCN3CCC[C@H]3C)cc2)s1. The molecule has 124 valence electrons. The largest absolute Gasteiger partial charge is 0.494 e. The highest BCUT2D eigenvalue weighted by Gasteiger charge is 2.19. The summed E-state index contributed by atoms with van der Waals surface area (Å²) >= 11 is 1.77. The molecule has 3 rings (SSSR count). The Labute approximate surface area is 143 Å². The molecule has 0 N–H and O–H groups in total.